The molecule has 4 heteroatoms. The van der Waals surface area contributed by atoms with Crippen molar-refractivity contribution in [2.45, 2.75) is 43.7 Å². The van der Waals surface area contributed by atoms with Crippen molar-refractivity contribution in [3.63, 3.8) is 0 Å². The number of hydrogen-bond donors (Lipinski definition) is 1. The number of hydrogen-bond acceptors (Lipinski definition) is 3. The molecule has 1 heterocycles. The summed E-state index contributed by atoms with van der Waals surface area (Å²) < 4.78 is 18.4. The molecule has 1 aliphatic carbocycles. The first-order valence-electron chi connectivity index (χ1n) is 9.40. The van der Waals surface area contributed by atoms with Crippen molar-refractivity contribution in [3.8, 4) is 0 Å². The lowest BCUT2D eigenvalue weighted by molar-refractivity contribution is 0.0774. The fourth-order valence-corrected chi connectivity index (χ4v) is 3.75. The molecular formula is C22H24FNO2. The Balaban J connectivity index is 1.37. The number of carbonyl (C=O) groups excluding carboxylic acids is 1. The number of benzene rings is 2. The Bertz CT molecular complexity index is 768. The van der Waals surface area contributed by atoms with Crippen LogP contribution in [0.25, 0.3) is 0 Å². The number of rotatable bonds is 6. The molecule has 2 aromatic rings. The Labute approximate surface area is 153 Å². The third-order valence-corrected chi connectivity index (χ3v) is 5.38. The van der Waals surface area contributed by atoms with Crippen LogP contribution >= 0.6 is 0 Å². The zero-order chi connectivity index (χ0) is 17.9. The highest BCUT2D eigenvalue weighted by Crippen LogP contribution is 2.41. The SMILES string of the molecule is O=C(Cc1ccc(F)cc1)c1cccc(C2CC2NC2CCOCC2)c1. The standard InChI is InChI=1S/C22H24FNO2/c23-18-6-4-15(5-7-18)12-22(25)17-3-1-2-16(13-17)20-14-21(20)24-19-8-10-26-11-9-19/h1-7,13,19-21,24H,8-12,14H2. The number of halogens is 1. The summed E-state index contributed by atoms with van der Waals surface area (Å²) >= 11 is 0. The molecule has 4 rings (SSSR count). The van der Waals surface area contributed by atoms with E-state index in [-0.39, 0.29) is 11.6 Å². The van der Waals surface area contributed by atoms with E-state index in [0.717, 1.165) is 43.6 Å². The third-order valence-electron chi connectivity index (χ3n) is 5.38. The van der Waals surface area contributed by atoms with Crippen LogP contribution in [0.1, 0.15) is 46.7 Å². The van der Waals surface area contributed by atoms with Gasteiger partial charge in [-0.1, -0.05) is 30.3 Å². The lowest BCUT2D eigenvalue weighted by atomic mass is 9.99. The van der Waals surface area contributed by atoms with E-state index in [1.807, 2.05) is 18.2 Å². The van der Waals surface area contributed by atoms with Crippen LogP contribution in [0.15, 0.2) is 48.5 Å². The first kappa shape index (κ1) is 17.4. The van der Waals surface area contributed by atoms with Gasteiger partial charge < -0.3 is 10.1 Å². The van der Waals surface area contributed by atoms with Gasteiger partial charge in [0.05, 0.1) is 0 Å². The minimum Gasteiger partial charge on any atom is -0.381 e. The Kier molecular flexibility index (Phi) is 5.14. The second kappa shape index (κ2) is 7.68. The van der Waals surface area contributed by atoms with Crippen LogP contribution in [0.3, 0.4) is 0 Å². The zero-order valence-corrected chi connectivity index (χ0v) is 14.8. The smallest absolute Gasteiger partial charge is 0.167 e. The fraction of sp³-hybridized carbons (Fsp3) is 0.409. The molecule has 1 N–H and O–H groups in total. The Morgan fingerprint density at radius 2 is 1.88 bits per heavy atom. The normalized spacial score (nSPS) is 23.0. The molecule has 0 aromatic heterocycles. The van der Waals surface area contributed by atoms with Gasteiger partial charge in [0.1, 0.15) is 5.82 Å². The maximum Gasteiger partial charge on any atom is 0.167 e. The van der Waals surface area contributed by atoms with Crippen molar-refractivity contribution in [1.82, 2.24) is 5.32 Å². The van der Waals surface area contributed by atoms with E-state index in [4.69, 9.17) is 4.74 Å². The van der Waals surface area contributed by atoms with Crippen LogP contribution in [0, 0.1) is 5.82 Å². The van der Waals surface area contributed by atoms with Gasteiger partial charge in [-0.3, -0.25) is 4.79 Å². The predicted molar refractivity (Wildman–Crippen MR) is 99.0 cm³/mol. The van der Waals surface area contributed by atoms with E-state index in [9.17, 15) is 9.18 Å². The molecule has 0 amide bonds. The second-order valence-corrected chi connectivity index (χ2v) is 7.35. The molecule has 0 bridgehead atoms. The molecular weight excluding hydrogens is 329 g/mol. The van der Waals surface area contributed by atoms with Crippen LogP contribution in [0.4, 0.5) is 4.39 Å². The van der Waals surface area contributed by atoms with Crippen LogP contribution in [-0.2, 0) is 11.2 Å². The van der Waals surface area contributed by atoms with Gasteiger partial charge in [-0.15, -0.1) is 0 Å². The van der Waals surface area contributed by atoms with Crippen molar-refractivity contribution in [1.29, 1.82) is 0 Å². The van der Waals surface area contributed by atoms with Crippen LogP contribution < -0.4 is 5.32 Å². The van der Waals surface area contributed by atoms with E-state index in [0.29, 0.717) is 24.4 Å². The summed E-state index contributed by atoms with van der Waals surface area (Å²) in [6.07, 6.45) is 3.60. The molecule has 2 aliphatic rings. The van der Waals surface area contributed by atoms with Crippen molar-refractivity contribution < 1.29 is 13.9 Å². The van der Waals surface area contributed by atoms with Gasteiger partial charge in [-0.2, -0.15) is 0 Å². The second-order valence-electron chi connectivity index (χ2n) is 7.35. The summed E-state index contributed by atoms with van der Waals surface area (Å²) in [6, 6.07) is 15.2. The number of Topliss-reactive ketones (excluding diaryl/α,β-unsaturated/α-hetero) is 1. The molecule has 26 heavy (non-hydrogen) atoms. The van der Waals surface area contributed by atoms with E-state index >= 15 is 0 Å². The first-order chi connectivity index (χ1) is 12.7. The van der Waals surface area contributed by atoms with Crippen LogP contribution in [0.5, 0.6) is 0 Å². The van der Waals surface area contributed by atoms with Gasteiger partial charge in [-0.25, -0.2) is 4.39 Å². The topological polar surface area (TPSA) is 38.3 Å². The summed E-state index contributed by atoms with van der Waals surface area (Å²) in [7, 11) is 0. The summed E-state index contributed by atoms with van der Waals surface area (Å²) in [5.74, 6) is 0.296. The van der Waals surface area contributed by atoms with Gasteiger partial charge in [-0.05, 0) is 48.6 Å². The highest BCUT2D eigenvalue weighted by atomic mass is 19.1. The molecule has 1 saturated carbocycles. The summed E-state index contributed by atoms with van der Waals surface area (Å²) in [4.78, 5) is 12.6. The molecule has 2 fully saturated rings. The number of ether oxygens (including phenoxy) is 1. The molecule has 3 nitrogen and oxygen atoms in total. The Morgan fingerprint density at radius 3 is 2.65 bits per heavy atom. The summed E-state index contributed by atoms with van der Waals surface area (Å²) in [5, 5.41) is 3.73. The highest BCUT2D eigenvalue weighted by Gasteiger charge is 2.39. The van der Waals surface area contributed by atoms with E-state index in [1.165, 1.54) is 17.7 Å². The van der Waals surface area contributed by atoms with Crippen molar-refractivity contribution in [2.75, 3.05) is 13.2 Å². The van der Waals surface area contributed by atoms with Crippen LogP contribution in [-0.4, -0.2) is 31.1 Å². The summed E-state index contributed by atoms with van der Waals surface area (Å²) in [5.41, 5.74) is 2.82. The lowest BCUT2D eigenvalue weighted by Gasteiger charge is -2.23. The Morgan fingerprint density at radius 1 is 1.12 bits per heavy atom. The van der Waals surface area contributed by atoms with Crippen LogP contribution in [0.2, 0.25) is 0 Å². The maximum absolute atomic E-state index is 13.0. The van der Waals surface area contributed by atoms with Gasteiger partial charge in [0.25, 0.3) is 0 Å². The zero-order valence-electron chi connectivity index (χ0n) is 14.8. The molecule has 2 unspecified atom stereocenters. The Hall–Kier alpha value is -2.04. The van der Waals surface area contributed by atoms with E-state index < -0.39 is 0 Å². The summed E-state index contributed by atoms with van der Waals surface area (Å²) in [6.45, 7) is 1.70. The molecule has 2 atom stereocenters. The van der Waals surface area contributed by atoms with Crippen molar-refractivity contribution >= 4 is 5.78 Å². The third kappa shape index (κ3) is 4.19. The van der Waals surface area contributed by atoms with E-state index in [1.54, 1.807) is 12.1 Å². The molecule has 0 radical (unpaired) electrons. The molecule has 136 valence electrons. The average Bonchev–Trinajstić information content (AvgIpc) is 3.44. The fourth-order valence-electron chi connectivity index (χ4n) is 3.75. The predicted octanol–water partition coefficient (Wildman–Crippen LogP) is 3.88. The molecule has 2 aromatic carbocycles. The monoisotopic (exact) mass is 353 g/mol. The highest BCUT2D eigenvalue weighted by molar-refractivity contribution is 5.97. The van der Waals surface area contributed by atoms with Gasteiger partial charge >= 0.3 is 0 Å². The minimum absolute atomic E-state index is 0.0769. The quantitative estimate of drug-likeness (QED) is 0.801. The van der Waals surface area contributed by atoms with E-state index in [2.05, 4.69) is 11.4 Å². The minimum atomic E-state index is -0.278. The molecule has 0 spiro atoms. The first-order valence-corrected chi connectivity index (χ1v) is 9.40. The number of nitrogens with one attached hydrogen (secondary N) is 1. The number of carbonyl (C=O) groups is 1. The molecule has 1 aliphatic heterocycles. The van der Waals surface area contributed by atoms with Gasteiger partial charge in [0, 0.05) is 43.2 Å². The van der Waals surface area contributed by atoms with Crippen molar-refractivity contribution in [3.05, 3.63) is 71.0 Å². The average molecular weight is 353 g/mol. The lowest BCUT2D eigenvalue weighted by Crippen LogP contribution is -2.36. The van der Waals surface area contributed by atoms with Gasteiger partial charge in [0.2, 0.25) is 0 Å². The van der Waals surface area contributed by atoms with Crippen molar-refractivity contribution in [2.24, 2.45) is 0 Å². The molecule has 1 saturated heterocycles. The largest absolute Gasteiger partial charge is 0.381 e. The number of ketones is 1. The van der Waals surface area contributed by atoms with Gasteiger partial charge in [0.15, 0.2) is 5.78 Å². The maximum atomic E-state index is 13.0.